The zero-order valence-electron chi connectivity index (χ0n) is 9.21. The van der Waals surface area contributed by atoms with Crippen molar-refractivity contribution in [2.24, 2.45) is 5.92 Å². The first-order valence-corrected chi connectivity index (χ1v) is 5.54. The van der Waals surface area contributed by atoms with Gasteiger partial charge >= 0.3 is 6.18 Å². The highest BCUT2D eigenvalue weighted by Crippen LogP contribution is 2.51. The predicted molar refractivity (Wildman–Crippen MR) is 51.0 cm³/mol. The van der Waals surface area contributed by atoms with Crippen molar-refractivity contribution in [2.45, 2.75) is 43.9 Å². The van der Waals surface area contributed by atoms with Gasteiger partial charge in [0.05, 0.1) is 11.5 Å². The molecular formula is C10H12F3N3O. The van der Waals surface area contributed by atoms with E-state index in [0.717, 1.165) is 0 Å². The second-order valence-electron chi connectivity index (χ2n) is 4.93. The molecule has 4 nitrogen and oxygen atoms in total. The molecule has 1 saturated carbocycles. The summed E-state index contributed by atoms with van der Waals surface area (Å²) >= 11 is 0. The summed E-state index contributed by atoms with van der Waals surface area (Å²) in [6.45, 7) is 1.63. The van der Waals surface area contributed by atoms with E-state index in [-0.39, 0.29) is 18.9 Å². The van der Waals surface area contributed by atoms with Crippen LogP contribution >= 0.6 is 0 Å². The summed E-state index contributed by atoms with van der Waals surface area (Å²) < 4.78 is 43.5. The minimum atomic E-state index is -4.14. The molecule has 94 valence electrons. The Morgan fingerprint density at radius 2 is 2.06 bits per heavy atom. The van der Waals surface area contributed by atoms with E-state index in [9.17, 15) is 13.2 Å². The largest absolute Gasteiger partial charge is 0.424 e. The molecule has 1 aromatic rings. The molecule has 0 radical (unpaired) electrons. The molecule has 0 spiro atoms. The maximum absolute atomic E-state index is 12.7. The maximum Gasteiger partial charge on any atom is 0.391 e. The van der Waals surface area contributed by atoms with Crippen LogP contribution in [0.15, 0.2) is 4.42 Å². The first kappa shape index (κ1) is 11.0. The van der Waals surface area contributed by atoms with Gasteiger partial charge < -0.3 is 9.73 Å². The van der Waals surface area contributed by atoms with Gasteiger partial charge in [-0.15, -0.1) is 10.2 Å². The van der Waals surface area contributed by atoms with Crippen LogP contribution in [0.2, 0.25) is 0 Å². The number of halogens is 3. The molecule has 3 aliphatic rings. The van der Waals surface area contributed by atoms with Crippen molar-refractivity contribution in [3.05, 3.63) is 11.8 Å². The molecule has 17 heavy (non-hydrogen) atoms. The Morgan fingerprint density at radius 3 is 2.59 bits per heavy atom. The number of hydrogen-bond donors (Lipinski definition) is 1. The lowest BCUT2D eigenvalue weighted by atomic mass is 9.65. The third-order valence-electron chi connectivity index (χ3n) is 3.64. The third-order valence-corrected chi connectivity index (χ3v) is 3.64. The summed E-state index contributed by atoms with van der Waals surface area (Å²) in [5.41, 5.74) is -0.746. The molecule has 4 rings (SSSR count). The summed E-state index contributed by atoms with van der Waals surface area (Å²) in [4.78, 5) is 0. The second kappa shape index (κ2) is 3.22. The lowest BCUT2D eigenvalue weighted by Crippen LogP contribution is -2.67. The SMILES string of the molecule is Cc1nnc([C@@]23C[C@@H](C[C@@H](C(F)(F)F)C2)N3)o1. The van der Waals surface area contributed by atoms with Gasteiger partial charge in [-0.3, -0.25) is 0 Å². The lowest BCUT2D eigenvalue weighted by molar-refractivity contribution is -0.206. The molecule has 1 N–H and O–H groups in total. The number of fused-ring (bicyclic) bond motifs is 2. The van der Waals surface area contributed by atoms with Crippen molar-refractivity contribution in [1.29, 1.82) is 0 Å². The molecule has 0 unspecified atom stereocenters. The van der Waals surface area contributed by atoms with Crippen LogP contribution in [-0.4, -0.2) is 22.4 Å². The average molecular weight is 247 g/mol. The molecule has 3 atom stereocenters. The number of piperidine rings is 1. The Bertz CT molecular complexity index is 436. The zero-order valence-corrected chi connectivity index (χ0v) is 9.21. The Kier molecular flexibility index (Phi) is 2.08. The molecule has 2 saturated heterocycles. The normalized spacial score (nSPS) is 36.7. The van der Waals surface area contributed by atoms with Gasteiger partial charge in [-0.1, -0.05) is 0 Å². The molecule has 1 aromatic heterocycles. The molecule has 2 bridgehead atoms. The molecule has 7 heteroatoms. The predicted octanol–water partition coefficient (Wildman–Crippen LogP) is 1.91. The van der Waals surface area contributed by atoms with E-state index < -0.39 is 17.6 Å². The summed E-state index contributed by atoms with van der Waals surface area (Å²) in [6.07, 6.45) is -3.34. The highest BCUT2D eigenvalue weighted by Gasteiger charge is 2.59. The zero-order chi connectivity index (χ0) is 12.3. The number of hydrogen-bond acceptors (Lipinski definition) is 4. The van der Waals surface area contributed by atoms with Gasteiger partial charge in [0.1, 0.15) is 0 Å². The van der Waals surface area contributed by atoms with E-state index in [1.54, 1.807) is 6.92 Å². The second-order valence-corrected chi connectivity index (χ2v) is 4.93. The van der Waals surface area contributed by atoms with Crippen LogP contribution < -0.4 is 5.32 Å². The number of aryl methyl sites for hydroxylation is 1. The quantitative estimate of drug-likeness (QED) is 0.823. The fourth-order valence-corrected chi connectivity index (χ4v) is 2.90. The van der Waals surface area contributed by atoms with Crippen molar-refractivity contribution in [1.82, 2.24) is 15.5 Å². The van der Waals surface area contributed by atoms with E-state index >= 15 is 0 Å². The maximum atomic E-state index is 12.7. The molecule has 3 fully saturated rings. The molecular weight excluding hydrogens is 235 g/mol. The Morgan fingerprint density at radius 1 is 1.35 bits per heavy atom. The van der Waals surface area contributed by atoms with Crippen LogP contribution in [0.25, 0.3) is 0 Å². The third kappa shape index (κ3) is 1.64. The van der Waals surface area contributed by atoms with Crippen LogP contribution in [0.3, 0.4) is 0 Å². The summed E-state index contributed by atoms with van der Waals surface area (Å²) in [5.74, 6) is -0.594. The van der Waals surface area contributed by atoms with Gasteiger partial charge in [0.15, 0.2) is 0 Å². The van der Waals surface area contributed by atoms with E-state index in [4.69, 9.17) is 4.42 Å². The van der Waals surface area contributed by atoms with Gasteiger partial charge in [0, 0.05) is 13.0 Å². The van der Waals surface area contributed by atoms with Crippen molar-refractivity contribution >= 4 is 0 Å². The average Bonchev–Trinajstić information content (AvgIpc) is 2.62. The monoisotopic (exact) mass is 247 g/mol. The van der Waals surface area contributed by atoms with Crippen molar-refractivity contribution in [2.75, 3.05) is 0 Å². The van der Waals surface area contributed by atoms with E-state index in [0.29, 0.717) is 18.2 Å². The van der Waals surface area contributed by atoms with Crippen LogP contribution in [0, 0.1) is 12.8 Å². The summed E-state index contributed by atoms with van der Waals surface area (Å²) in [7, 11) is 0. The van der Waals surface area contributed by atoms with Crippen molar-refractivity contribution in [3.63, 3.8) is 0 Å². The number of rotatable bonds is 1. The molecule has 0 amide bonds. The summed E-state index contributed by atoms with van der Waals surface area (Å²) in [6, 6.07) is -0.0809. The van der Waals surface area contributed by atoms with Gasteiger partial charge in [0.2, 0.25) is 11.8 Å². The van der Waals surface area contributed by atoms with E-state index in [1.165, 1.54) is 0 Å². The molecule has 0 aromatic carbocycles. The standard InChI is InChI=1S/C10H12F3N3O/c1-5-15-16-8(17-5)9-3-6(10(11,12)13)2-7(4-9)14-9/h6-7,14H,2-4H2,1H3/t6-,7-,9+/m1/s1. The van der Waals surface area contributed by atoms with Crippen molar-refractivity contribution < 1.29 is 17.6 Å². The highest BCUT2D eigenvalue weighted by molar-refractivity contribution is 5.16. The Hall–Kier alpha value is -1.11. The Labute approximate surface area is 95.6 Å². The first-order valence-electron chi connectivity index (χ1n) is 5.54. The van der Waals surface area contributed by atoms with Gasteiger partial charge in [-0.2, -0.15) is 13.2 Å². The molecule has 3 heterocycles. The Balaban J connectivity index is 1.86. The summed E-state index contributed by atoms with van der Waals surface area (Å²) in [5, 5.41) is 10.7. The van der Waals surface area contributed by atoms with Crippen LogP contribution in [-0.2, 0) is 5.54 Å². The van der Waals surface area contributed by atoms with Crippen LogP contribution in [0.1, 0.15) is 31.0 Å². The fraction of sp³-hybridized carbons (Fsp3) is 0.800. The number of alkyl halides is 3. The van der Waals surface area contributed by atoms with Gasteiger partial charge in [0.25, 0.3) is 0 Å². The van der Waals surface area contributed by atoms with Gasteiger partial charge in [-0.05, 0) is 19.3 Å². The number of aromatic nitrogens is 2. The molecule has 2 aliphatic heterocycles. The minimum absolute atomic E-state index is 0.00532. The van der Waals surface area contributed by atoms with Crippen molar-refractivity contribution in [3.8, 4) is 0 Å². The minimum Gasteiger partial charge on any atom is -0.424 e. The van der Waals surface area contributed by atoms with Gasteiger partial charge in [-0.25, -0.2) is 0 Å². The lowest BCUT2D eigenvalue weighted by Gasteiger charge is -2.54. The van der Waals surface area contributed by atoms with Crippen LogP contribution in [0.4, 0.5) is 13.2 Å². The topological polar surface area (TPSA) is 51.0 Å². The van der Waals surface area contributed by atoms with E-state index in [1.807, 2.05) is 0 Å². The first-order chi connectivity index (χ1) is 7.89. The highest BCUT2D eigenvalue weighted by atomic mass is 19.4. The molecule has 1 aliphatic carbocycles. The fourth-order valence-electron chi connectivity index (χ4n) is 2.90. The number of nitrogens with zero attached hydrogens (tertiary/aromatic N) is 2. The number of nitrogens with one attached hydrogen (secondary N) is 1. The smallest absolute Gasteiger partial charge is 0.391 e. The van der Waals surface area contributed by atoms with Crippen LogP contribution in [0.5, 0.6) is 0 Å². The van der Waals surface area contributed by atoms with E-state index in [2.05, 4.69) is 15.5 Å².